The summed E-state index contributed by atoms with van der Waals surface area (Å²) in [4.78, 5) is 35.8. The second-order valence-corrected chi connectivity index (χ2v) is 7.60. The number of amides is 2. The van der Waals surface area contributed by atoms with E-state index in [1.165, 1.54) is 5.56 Å². The monoisotopic (exact) mass is 378 g/mol. The van der Waals surface area contributed by atoms with Crippen molar-refractivity contribution in [2.75, 3.05) is 37.6 Å². The van der Waals surface area contributed by atoms with Crippen molar-refractivity contribution in [2.24, 2.45) is 5.92 Å². The number of hydrogen-bond donors (Lipinski definition) is 0. The summed E-state index contributed by atoms with van der Waals surface area (Å²) in [6, 6.07) is 14.0. The van der Waals surface area contributed by atoms with E-state index in [0.29, 0.717) is 32.6 Å². The fraction of sp³-hybridized carbons (Fsp3) is 0.409. The van der Waals surface area contributed by atoms with E-state index in [9.17, 15) is 9.59 Å². The predicted molar refractivity (Wildman–Crippen MR) is 108 cm³/mol. The molecular weight excluding hydrogens is 352 g/mol. The Balaban J connectivity index is 1.33. The summed E-state index contributed by atoms with van der Waals surface area (Å²) in [5, 5.41) is 0. The Morgan fingerprint density at radius 3 is 2.54 bits per heavy atom. The minimum atomic E-state index is -0.224. The fourth-order valence-electron chi connectivity index (χ4n) is 4.04. The molecule has 1 unspecified atom stereocenters. The molecule has 28 heavy (non-hydrogen) atoms. The van der Waals surface area contributed by atoms with Gasteiger partial charge in [0, 0.05) is 51.9 Å². The normalized spacial score (nSPS) is 20.0. The SMILES string of the molecule is Cc1ccccc1CN1CC(C(=O)N2CCN(c3ccccn3)CC2)CC1=O. The van der Waals surface area contributed by atoms with E-state index in [1.807, 2.05) is 40.1 Å². The van der Waals surface area contributed by atoms with Gasteiger partial charge in [-0.05, 0) is 30.2 Å². The molecule has 2 fully saturated rings. The standard InChI is InChI=1S/C22H26N4O2/c1-17-6-2-3-7-18(17)15-26-16-19(14-21(26)27)22(28)25-12-10-24(11-13-25)20-8-4-5-9-23-20/h2-9,19H,10-16H2,1H3. The van der Waals surface area contributed by atoms with E-state index < -0.39 is 0 Å². The number of rotatable bonds is 4. The summed E-state index contributed by atoms with van der Waals surface area (Å²) < 4.78 is 0. The Hall–Kier alpha value is -2.89. The van der Waals surface area contributed by atoms with Gasteiger partial charge in [-0.1, -0.05) is 30.3 Å². The molecule has 6 nitrogen and oxygen atoms in total. The summed E-state index contributed by atoms with van der Waals surface area (Å²) in [6.07, 6.45) is 2.12. The molecule has 2 aliphatic heterocycles. The van der Waals surface area contributed by atoms with E-state index in [4.69, 9.17) is 0 Å². The number of carbonyl (C=O) groups is 2. The first-order chi connectivity index (χ1) is 13.6. The second kappa shape index (κ2) is 8.00. The van der Waals surface area contributed by atoms with Gasteiger partial charge in [0.2, 0.25) is 11.8 Å². The van der Waals surface area contributed by atoms with E-state index in [-0.39, 0.29) is 17.7 Å². The number of pyridine rings is 1. The molecule has 0 spiro atoms. The lowest BCUT2D eigenvalue weighted by Gasteiger charge is -2.36. The number of aryl methyl sites for hydroxylation is 1. The summed E-state index contributed by atoms with van der Waals surface area (Å²) >= 11 is 0. The van der Waals surface area contributed by atoms with Crippen molar-refractivity contribution in [1.82, 2.24) is 14.8 Å². The highest BCUT2D eigenvalue weighted by Crippen LogP contribution is 2.24. The van der Waals surface area contributed by atoms with Gasteiger partial charge in [0.15, 0.2) is 0 Å². The van der Waals surface area contributed by atoms with Crippen LogP contribution < -0.4 is 4.90 Å². The Kier molecular flexibility index (Phi) is 5.28. The first-order valence-corrected chi connectivity index (χ1v) is 9.89. The Bertz CT molecular complexity index is 847. The number of nitrogens with zero attached hydrogens (tertiary/aromatic N) is 4. The molecule has 0 radical (unpaired) electrons. The number of aromatic nitrogens is 1. The lowest BCUT2D eigenvalue weighted by atomic mass is 10.1. The van der Waals surface area contributed by atoms with E-state index >= 15 is 0 Å². The Morgan fingerprint density at radius 2 is 1.82 bits per heavy atom. The van der Waals surface area contributed by atoms with Crippen LogP contribution in [0.5, 0.6) is 0 Å². The molecule has 2 saturated heterocycles. The molecule has 6 heteroatoms. The van der Waals surface area contributed by atoms with Gasteiger partial charge in [0.25, 0.3) is 0 Å². The van der Waals surface area contributed by atoms with E-state index in [0.717, 1.165) is 24.5 Å². The summed E-state index contributed by atoms with van der Waals surface area (Å²) in [6.45, 7) is 6.07. The molecule has 0 saturated carbocycles. The summed E-state index contributed by atoms with van der Waals surface area (Å²) in [5.74, 6) is 0.919. The largest absolute Gasteiger partial charge is 0.353 e. The van der Waals surface area contributed by atoms with Crippen molar-refractivity contribution < 1.29 is 9.59 Å². The van der Waals surface area contributed by atoms with Crippen molar-refractivity contribution in [3.05, 3.63) is 59.8 Å². The second-order valence-electron chi connectivity index (χ2n) is 7.60. The van der Waals surface area contributed by atoms with Gasteiger partial charge in [-0.2, -0.15) is 0 Å². The molecule has 1 atom stereocenters. The molecule has 0 N–H and O–H groups in total. The smallest absolute Gasteiger partial charge is 0.228 e. The molecule has 0 aliphatic carbocycles. The first kappa shape index (κ1) is 18.5. The van der Waals surface area contributed by atoms with Gasteiger partial charge in [-0.3, -0.25) is 9.59 Å². The van der Waals surface area contributed by atoms with Crippen LogP contribution >= 0.6 is 0 Å². The van der Waals surface area contributed by atoms with E-state index in [1.54, 1.807) is 6.20 Å². The molecule has 4 rings (SSSR count). The number of likely N-dealkylation sites (tertiary alicyclic amines) is 1. The van der Waals surface area contributed by atoms with Crippen LogP contribution in [-0.2, 0) is 16.1 Å². The van der Waals surface area contributed by atoms with Crippen LogP contribution in [-0.4, -0.2) is 59.3 Å². The third kappa shape index (κ3) is 3.86. The summed E-state index contributed by atoms with van der Waals surface area (Å²) in [7, 11) is 0. The molecular formula is C22H26N4O2. The average Bonchev–Trinajstić information content (AvgIpc) is 3.10. The van der Waals surface area contributed by atoms with Gasteiger partial charge >= 0.3 is 0 Å². The van der Waals surface area contributed by atoms with Crippen molar-refractivity contribution in [3.8, 4) is 0 Å². The zero-order valence-electron chi connectivity index (χ0n) is 16.3. The molecule has 2 amide bonds. The maximum absolute atomic E-state index is 13.0. The highest BCUT2D eigenvalue weighted by atomic mass is 16.2. The minimum Gasteiger partial charge on any atom is -0.353 e. The third-order valence-electron chi connectivity index (χ3n) is 5.75. The Morgan fingerprint density at radius 1 is 1.07 bits per heavy atom. The van der Waals surface area contributed by atoms with Crippen LogP contribution in [0, 0.1) is 12.8 Å². The minimum absolute atomic E-state index is 0.0775. The van der Waals surface area contributed by atoms with Gasteiger partial charge < -0.3 is 14.7 Å². The number of carbonyl (C=O) groups excluding carboxylic acids is 2. The van der Waals surface area contributed by atoms with Crippen molar-refractivity contribution in [1.29, 1.82) is 0 Å². The Labute approximate surface area is 165 Å². The molecule has 0 bridgehead atoms. The van der Waals surface area contributed by atoms with Crippen LogP contribution in [0.25, 0.3) is 0 Å². The van der Waals surface area contributed by atoms with Crippen LogP contribution in [0.3, 0.4) is 0 Å². The highest BCUT2D eigenvalue weighted by molar-refractivity contribution is 5.89. The topological polar surface area (TPSA) is 56.8 Å². The van der Waals surface area contributed by atoms with Gasteiger partial charge in [-0.25, -0.2) is 4.98 Å². The molecule has 1 aromatic heterocycles. The van der Waals surface area contributed by atoms with Crippen LogP contribution in [0.15, 0.2) is 48.7 Å². The molecule has 146 valence electrons. The third-order valence-corrected chi connectivity index (χ3v) is 5.75. The highest BCUT2D eigenvalue weighted by Gasteiger charge is 2.37. The maximum Gasteiger partial charge on any atom is 0.228 e. The first-order valence-electron chi connectivity index (χ1n) is 9.89. The van der Waals surface area contributed by atoms with E-state index in [2.05, 4.69) is 28.9 Å². The maximum atomic E-state index is 13.0. The van der Waals surface area contributed by atoms with Crippen molar-refractivity contribution >= 4 is 17.6 Å². The quantitative estimate of drug-likeness (QED) is 0.818. The lowest BCUT2D eigenvalue weighted by Crippen LogP contribution is -2.50. The van der Waals surface area contributed by atoms with Gasteiger partial charge in [0.05, 0.1) is 5.92 Å². The average molecular weight is 378 g/mol. The number of anilines is 1. The van der Waals surface area contributed by atoms with Gasteiger partial charge in [-0.15, -0.1) is 0 Å². The van der Waals surface area contributed by atoms with Gasteiger partial charge in [0.1, 0.15) is 5.82 Å². The number of benzene rings is 1. The zero-order chi connectivity index (χ0) is 19.5. The fourth-order valence-corrected chi connectivity index (χ4v) is 4.04. The number of piperazine rings is 1. The molecule has 1 aromatic carbocycles. The van der Waals surface area contributed by atoms with Crippen LogP contribution in [0.1, 0.15) is 17.5 Å². The molecule has 2 aliphatic rings. The molecule has 2 aromatic rings. The summed E-state index contributed by atoms with van der Waals surface area (Å²) in [5.41, 5.74) is 2.32. The van der Waals surface area contributed by atoms with Crippen LogP contribution in [0.2, 0.25) is 0 Å². The number of hydrogen-bond acceptors (Lipinski definition) is 4. The predicted octanol–water partition coefficient (Wildman–Crippen LogP) is 2.09. The van der Waals surface area contributed by atoms with Crippen molar-refractivity contribution in [3.63, 3.8) is 0 Å². The van der Waals surface area contributed by atoms with Crippen LogP contribution in [0.4, 0.5) is 5.82 Å². The van der Waals surface area contributed by atoms with Crippen molar-refractivity contribution in [2.45, 2.75) is 19.9 Å². The zero-order valence-corrected chi connectivity index (χ0v) is 16.3. The molecule has 3 heterocycles. The lowest BCUT2D eigenvalue weighted by molar-refractivity contribution is -0.136.